The molecule has 0 saturated carbocycles. The fourth-order valence-electron chi connectivity index (χ4n) is 4.17. The van der Waals surface area contributed by atoms with Gasteiger partial charge in [0.25, 0.3) is 0 Å². The van der Waals surface area contributed by atoms with Crippen molar-refractivity contribution < 1.29 is 9.18 Å². The van der Waals surface area contributed by atoms with Crippen LogP contribution in [0.1, 0.15) is 29.3 Å². The van der Waals surface area contributed by atoms with Crippen LogP contribution in [0.5, 0.6) is 0 Å². The summed E-state index contributed by atoms with van der Waals surface area (Å²) in [6.45, 7) is 1.36. The molecule has 1 aliphatic rings. The summed E-state index contributed by atoms with van der Waals surface area (Å²) in [5, 5.41) is 11.5. The van der Waals surface area contributed by atoms with Crippen LogP contribution in [-0.2, 0) is 11.3 Å². The molecule has 168 valence electrons. The Morgan fingerprint density at radius 2 is 1.88 bits per heavy atom. The SMILES string of the molecule is O=C(CSc1nnc(-c2ccc(F)cc2)n1Cc1ccccc1)N1CCCC1c1cccs1. The van der Waals surface area contributed by atoms with E-state index in [1.54, 1.807) is 23.5 Å². The Balaban J connectivity index is 1.37. The summed E-state index contributed by atoms with van der Waals surface area (Å²) in [4.78, 5) is 16.4. The van der Waals surface area contributed by atoms with Gasteiger partial charge in [-0.3, -0.25) is 9.36 Å². The van der Waals surface area contributed by atoms with E-state index in [0.29, 0.717) is 23.3 Å². The summed E-state index contributed by atoms with van der Waals surface area (Å²) in [6, 6.07) is 20.6. The van der Waals surface area contributed by atoms with E-state index in [-0.39, 0.29) is 17.8 Å². The van der Waals surface area contributed by atoms with E-state index >= 15 is 0 Å². The molecular formula is C25H23FN4OS2. The second-order valence-electron chi connectivity index (χ2n) is 7.93. The van der Waals surface area contributed by atoms with Crippen LogP contribution in [0.3, 0.4) is 0 Å². The van der Waals surface area contributed by atoms with Gasteiger partial charge in [-0.25, -0.2) is 4.39 Å². The first kappa shape index (κ1) is 21.9. The van der Waals surface area contributed by atoms with Crippen LogP contribution in [0.15, 0.2) is 77.3 Å². The number of rotatable bonds is 7. The van der Waals surface area contributed by atoms with E-state index in [1.165, 1.54) is 28.8 Å². The maximum atomic E-state index is 13.5. The Morgan fingerprint density at radius 3 is 2.64 bits per heavy atom. The predicted molar refractivity (Wildman–Crippen MR) is 130 cm³/mol. The topological polar surface area (TPSA) is 51.0 Å². The van der Waals surface area contributed by atoms with Gasteiger partial charge in [-0.05, 0) is 54.1 Å². The lowest BCUT2D eigenvalue weighted by Crippen LogP contribution is -2.31. The minimum atomic E-state index is -0.293. The molecule has 8 heteroatoms. The molecule has 0 aliphatic carbocycles. The van der Waals surface area contributed by atoms with Crippen LogP contribution >= 0.6 is 23.1 Å². The molecule has 5 nitrogen and oxygen atoms in total. The third-order valence-corrected chi connectivity index (χ3v) is 7.70. The second kappa shape index (κ2) is 9.89. The predicted octanol–water partition coefficient (Wildman–Crippen LogP) is 5.65. The first-order chi connectivity index (χ1) is 16.2. The summed E-state index contributed by atoms with van der Waals surface area (Å²) in [5.41, 5.74) is 1.89. The van der Waals surface area contributed by atoms with E-state index < -0.39 is 0 Å². The van der Waals surface area contributed by atoms with Gasteiger partial charge in [-0.1, -0.05) is 48.2 Å². The number of hydrogen-bond donors (Lipinski definition) is 0. The molecule has 4 aromatic rings. The summed E-state index contributed by atoms with van der Waals surface area (Å²) < 4.78 is 15.5. The summed E-state index contributed by atoms with van der Waals surface area (Å²) in [6.07, 6.45) is 2.04. The first-order valence-corrected chi connectivity index (χ1v) is 12.7. The molecule has 0 spiro atoms. The van der Waals surface area contributed by atoms with Crippen LogP contribution in [0.4, 0.5) is 4.39 Å². The molecule has 1 fully saturated rings. The van der Waals surface area contributed by atoms with Crippen LogP contribution in [-0.4, -0.2) is 37.9 Å². The van der Waals surface area contributed by atoms with Gasteiger partial charge < -0.3 is 4.90 Å². The zero-order chi connectivity index (χ0) is 22.6. The maximum Gasteiger partial charge on any atom is 0.233 e. The number of aromatic nitrogens is 3. The molecular weight excluding hydrogens is 455 g/mol. The molecule has 1 aliphatic heterocycles. The number of halogens is 1. The van der Waals surface area contributed by atoms with Crippen LogP contribution < -0.4 is 0 Å². The largest absolute Gasteiger partial charge is 0.334 e. The summed E-state index contributed by atoms with van der Waals surface area (Å²) in [7, 11) is 0. The summed E-state index contributed by atoms with van der Waals surface area (Å²) in [5.74, 6) is 0.789. The first-order valence-electron chi connectivity index (χ1n) is 10.9. The van der Waals surface area contributed by atoms with Gasteiger partial charge in [-0.15, -0.1) is 21.5 Å². The lowest BCUT2D eigenvalue weighted by Gasteiger charge is -2.23. The molecule has 1 amide bonds. The second-order valence-corrected chi connectivity index (χ2v) is 9.86. The molecule has 1 saturated heterocycles. The van der Waals surface area contributed by atoms with Crippen molar-refractivity contribution in [2.75, 3.05) is 12.3 Å². The van der Waals surface area contributed by atoms with Crippen molar-refractivity contribution in [1.29, 1.82) is 0 Å². The Kier molecular flexibility index (Phi) is 6.55. The number of amides is 1. The highest BCUT2D eigenvalue weighted by Crippen LogP contribution is 2.35. The summed E-state index contributed by atoms with van der Waals surface area (Å²) >= 11 is 3.11. The maximum absolute atomic E-state index is 13.5. The third-order valence-electron chi connectivity index (χ3n) is 5.77. The van der Waals surface area contributed by atoms with E-state index in [9.17, 15) is 9.18 Å². The fourth-order valence-corrected chi connectivity index (χ4v) is 5.87. The number of carbonyl (C=O) groups is 1. The Labute approximate surface area is 200 Å². The number of benzene rings is 2. The lowest BCUT2D eigenvalue weighted by molar-refractivity contribution is -0.129. The molecule has 2 aromatic heterocycles. The van der Waals surface area contributed by atoms with Gasteiger partial charge >= 0.3 is 0 Å². The Morgan fingerprint density at radius 1 is 1.06 bits per heavy atom. The van der Waals surface area contributed by atoms with Gasteiger partial charge in [-0.2, -0.15) is 0 Å². The molecule has 1 atom stereocenters. The molecule has 3 heterocycles. The quantitative estimate of drug-likeness (QED) is 0.322. The molecule has 1 unspecified atom stereocenters. The molecule has 2 aromatic carbocycles. The van der Waals surface area contributed by atoms with E-state index in [4.69, 9.17) is 0 Å². The number of thiophene rings is 1. The zero-order valence-electron chi connectivity index (χ0n) is 17.9. The van der Waals surface area contributed by atoms with Crippen molar-refractivity contribution in [3.8, 4) is 11.4 Å². The number of likely N-dealkylation sites (tertiary alicyclic amines) is 1. The minimum Gasteiger partial charge on any atom is -0.334 e. The van der Waals surface area contributed by atoms with Crippen LogP contribution in [0.2, 0.25) is 0 Å². The number of carbonyl (C=O) groups excluding carboxylic acids is 1. The van der Waals surface area contributed by atoms with Gasteiger partial charge in [0.1, 0.15) is 5.82 Å². The van der Waals surface area contributed by atoms with E-state index in [2.05, 4.69) is 21.6 Å². The fraction of sp³-hybridized carbons (Fsp3) is 0.240. The molecule has 0 N–H and O–H groups in total. The van der Waals surface area contributed by atoms with Crippen molar-refractivity contribution in [2.24, 2.45) is 0 Å². The van der Waals surface area contributed by atoms with Gasteiger partial charge in [0, 0.05) is 17.0 Å². The molecule has 0 radical (unpaired) electrons. The normalized spacial score (nSPS) is 15.8. The van der Waals surface area contributed by atoms with Crippen molar-refractivity contribution in [2.45, 2.75) is 30.6 Å². The highest BCUT2D eigenvalue weighted by atomic mass is 32.2. The highest BCUT2D eigenvalue weighted by Gasteiger charge is 2.30. The number of hydrogen-bond acceptors (Lipinski definition) is 5. The van der Waals surface area contributed by atoms with E-state index in [1.807, 2.05) is 45.9 Å². The zero-order valence-corrected chi connectivity index (χ0v) is 19.6. The molecule has 0 bridgehead atoms. The third kappa shape index (κ3) is 4.86. The number of thioether (sulfide) groups is 1. The van der Waals surface area contributed by atoms with Crippen molar-refractivity contribution >= 4 is 29.0 Å². The molecule has 33 heavy (non-hydrogen) atoms. The van der Waals surface area contributed by atoms with Gasteiger partial charge in [0.2, 0.25) is 5.91 Å². The highest BCUT2D eigenvalue weighted by molar-refractivity contribution is 7.99. The monoisotopic (exact) mass is 478 g/mol. The van der Waals surface area contributed by atoms with Gasteiger partial charge in [0.05, 0.1) is 18.3 Å². The Bertz CT molecular complexity index is 1210. The Hall–Kier alpha value is -2.97. The molecule has 5 rings (SSSR count). The average molecular weight is 479 g/mol. The lowest BCUT2D eigenvalue weighted by atomic mass is 10.2. The average Bonchev–Trinajstić information content (AvgIpc) is 3.60. The minimum absolute atomic E-state index is 0.119. The van der Waals surface area contributed by atoms with Gasteiger partial charge in [0.15, 0.2) is 11.0 Å². The van der Waals surface area contributed by atoms with Crippen LogP contribution in [0, 0.1) is 5.82 Å². The van der Waals surface area contributed by atoms with Crippen molar-refractivity contribution in [1.82, 2.24) is 19.7 Å². The van der Waals surface area contributed by atoms with Crippen molar-refractivity contribution in [3.63, 3.8) is 0 Å². The standard InChI is InChI=1S/C25H23FN4OS2/c26-20-12-10-19(11-13-20)24-27-28-25(30(24)16-18-6-2-1-3-7-18)33-17-23(31)29-14-4-8-21(29)22-9-5-15-32-22/h1-3,5-7,9-13,15,21H,4,8,14,16-17H2. The van der Waals surface area contributed by atoms with Crippen LogP contribution in [0.25, 0.3) is 11.4 Å². The van der Waals surface area contributed by atoms with E-state index in [0.717, 1.165) is 30.5 Å². The van der Waals surface area contributed by atoms with Crippen molar-refractivity contribution in [3.05, 3.63) is 88.4 Å². The smallest absolute Gasteiger partial charge is 0.233 e. The number of nitrogens with zero attached hydrogens (tertiary/aromatic N) is 4.